The SMILES string of the molecule is CCN(C(=O)CC1CSCCN1)c1cc(C)cc(C)c1. The summed E-state index contributed by atoms with van der Waals surface area (Å²) in [6.07, 6.45) is 0.591. The van der Waals surface area contributed by atoms with Crippen molar-refractivity contribution in [1.82, 2.24) is 5.32 Å². The van der Waals surface area contributed by atoms with Crippen LogP contribution in [0.1, 0.15) is 24.5 Å². The molecular formula is C16H24N2OS. The number of amides is 1. The third-order valence-electron chi connectivity index (χ3n) is 3.55. The predicted molar refractivity (Wildman–Crippen MR) is 87.7 cm³/mol. The topological polar surface area (TPSA) is 32.3 Å². The molecule has 0 spiro atoms. The van der Waals surface area contributed by atoms with E-state index >= 15 is 0 Å². The molecule has 1 heterocycles. The molecular weight excluding hydrogens is 268 g/mol. The summed E-state index contributed by atoms with van der Waals surface area (Å²) < 4.78 is 0. The molecule has 1 aliphatic rings. The first-order valence-corrected chi connectivity index (χ1v) is 8.45. The summed E-state index contributed by atoms with van der Waals surface area (Å²) in [4.78, 5) is 14.4. The zero-order valence-corrected chi connectivity index (χ0v) is 13.4. The molecule has 2 rings (SSSR count). The van der Waals surface area contributed by atoms with Crippen LogP contribution >= 0.6 is 11.8 Å². The zero-order valence-electron chi connectivity index (χ0n) is 12.6. The standard InChI is InChI=1S/C16H24N2OS/c1-4-18(15-8-12(2)7-13(3)9-15)16(19)10-14-11-20-6-5-17-14/h7-9,14,17H,4-6,10-11H2,1-3H3. The van der Waals surface area contributed by atoms with Crippen LogP contribution in [0.5, 0.6) is 0 Å². The van der Waals surface area contributed by atoms with E-state index in [0.29, 0.717) is 12.5 Å². The molecule has 0 radical (unpaired) electrons. The van der Waals surface area contributed by atoms with Gasteiger partial charge in [0.25, 0.3) is 0 Å². The lowest BCUT2D eigenvalue weighted by atomic mass is 10.1. The number of anilines is 1. The van der Waals surface area contributed by atoms with Crippen molar-refractivity contribution in [3.63, 3.8) is 0 Å². The van der Waals surface area contributed by atoms with Gasteiger partial charge in [0.2, 0.25) is 5.91 Å². The summed E-state index contributed by atoms with van der Waals surface area (Å²) in [5, 5.41) is 3.43. The molecule has 4 heteroatoms. The fourth-order valence-corrected chi connectivity index (χ4v) is 3.63. The molecule has 0 saturated carbocycles. The Labute approximate surface area is 126 Å². The Morgan fingerprint density at radius 3 is 2.60 bits per heavy atom. The average Bonchev–Trinajstić information content (AvgIpc) is 2.39. The Kier molecular flexibility index (Phi) is 5.49. The van der Waals surface area contributed by atoms with E-state index in [1.165, 1.54) is 11.1 Å². The third-order valence-corrected chi connectivity index (χ3v) is 4.69. The second kappa shape index (κ2) is 7.14. The van der Waals surface area contributed by atoms with Gasteiger partial charge in [-0.15, -0.1) is 0 Å². The molecule has 1 N–H and O–H groups in total. The van der Waals surface area contributed by atoms with Gasteiger partial charge in [-0.2, -0.15) is 11.8 Å². The van der Waals surface area contributed by atoms with E-state index in [1.54, 1.807) is 0 Å². The van der Waals surface area contributed by atoms with Crippen LogP contribution in [0.25, 0.3) is 0 Å². The van der Waals surface area contributed by atoms with E-state index in [4.69, 9.17) is 0 Å². The normalized spacial score (nSPS) is 18.9. The molecule has 0 aliphatic carbocycles. The molecule has 1 fully saturated rings. The highest BCUT2D eigenvalue weighted by Crippen LogP contribution is 2.20. The minimum atomic E-state index is 0.220. The minimum absolute atomic E-state index is 0.220. The van der Waals surface area contributed by atoms with Gasteiger partial charge < -0.3 is 10.2 Å². The van der Waals surface area contributed by atoms with Crippen molar-refractivity contribution in [3.8, 4) is 0 Å². The highest BCUT2D eigenvalue weighted by Gasteiger charge is 2.21. The number of carbonyl (C=O) groups is 1. The molecule has 1 aromatic rings. The smallest absolute Gasteiger partial charge is 0.228 e. The summed E-state index contributed by atoms with van der Waals surface area (Å²) in [5.74, 6) is 2.41. The van der Waals surface area contributed by atoms with Gasteiger partial charge in [-0.3, -0.25) is 4.79 Å². The van der Waals surface area contributed by atoms with Crippen LogP contribution < -0.4 is 10.2 Å². The highest BCUT2D eigenvalue weighted by atomic mass is 32.2. The second-order valence-corrected chi connectivity index (χ2v) is 6.56. The first-order chi connectivity index (χ1) is 9.60. The second-order valence-electron chi connectivity index (χ2n) is 5.41. The average molecular weight is 292 g/mol. The summed E-state index contributed by atoms with van der Waals surface area (Å²) in [6.45, 7) is 7.93. The molecule has 1 aliphatic heterocycles. The van der Waals surface area contributed by atoms with Gasteiger partial charge in [0.1, 0.15) is 0 Å². The number of nitrogens with one attached hydrogen (secondary N) is 1. The van der Waals surface area contributed by atoms with Gasteiger partial charge in [0, 0.05) is 42.7 Å². The first-order valence-electron chi connectivity index (χ1n) is 7.30. The summed E-state index contributed by atoms with van der Waals surface area (Å²) in [7, 11) is 0. The number of hydrogen-bond donors (Lipinski definition) is 1. The quantitative estimate of drug-likeness (QED) is 0.926. The minimum Gasteiger partial charge on any atom is -0.313 e. The van der Waals surface area contributed by atoms with Crippen molar-refractivity contribution in [2.75, 3.05) is 29.5 Å². The van der Waals surface area contributed by atoms with E-state index in [0.717, 1.165) is 30.3 Å². The van der Waals surface area contributed by atoms with E-state index in [2.05, 4.69) is 37.4 Å². The fourth-order valence-electron chi connectivity index (χ4n) is 2.68. The Morgan fingerprint density at radius 2 is 2.05 bits per heavy atom. The van der Waals surface area contributed by atoms with E-state index in [1.807, 2.05) is 23.6 Å². The molecule has 20 heavy (non-hydrogen) atoms. The predicted octanol–water partition coefficient (Wildman–Crippen LogP) is 2.75. The van der Waals surface area contributed by atoms with Gasteiger partial charge in [-0.05, 0) is 44.0 Å². The van der Waals surface area contributed by atoms with Crippen LogP contribution in [-0.2, 0) is 4.79 Å². The van der Waals surface area contributed by atoms with Crippen LogP contribution in [0, 0.1) is 13.8 Å². The largest absolute Gasteiger partial charge is 0.313 e. The van der Waals surface area contributed by atoms with Crippen molar-refractivity contribution in [2.24, 2.45) is 0 Å². The number of carbonyl (C=O) groups excluding carboxylic acids is 1. The monoisotopic (exact) mass is 292 g/mol. The molecule has 0 aromatic heterocycles. The maximum absolute atomic E-state index is 12.5. The summed E-state index contributed by atoms with van der Waals surface area (Å²) in [6, 6.07) is 6.65. The molecule has 1 saturated heterocycles. The van der Waals surface area contributed by atoms with E-state index < -0.39 is 0 Å². The van der Waals surface area contributed by atoms with Gasteiger partial charge in [-0.1, -0.05) is 6.07 Å². The van der Waals surface area contributed by atoms with Gasteiger partial charge in [0.15, 0.2) is 0 Å². The van der Waals surface area contributed by atoms with Gasteiger partial charge in [-0.25, -0.2) is 0 Å². The van der Waals surface area contributed by atoms with Crippen molar-refractivity contribution in [1.29, 1.82) is 0 Å². The van der Waals surface area contributed by atoms with Crippen LogP contribution in [0.15, 0.2) is 18.2 Å². The summed E-state index contributed by atoms with van der Waals surface area (Å²) in [5.41, 5.74) is 3.44. The molecule has 0 bridgehead atoms. The van der Waals surface area contributed by atoms with E-state index in [9.17, 15) is 4.79 Å². The maximum atomic E-state index is 12.5. The first kappa shape index (κ1) is 15.4. The molecule has 1 atom stereocenters. The fraction of sp³-hybridized carbons (Fsp3) is 0.562. The number of hydrogen-bond acceptors (Lipinski definition) is 3. The van der Waals surface area contributed by atoms with Crippen molar-refractivity contribution >= 4 is 23.4 Å². The number of benzene rings is 1. The molecule has 1 amide bonds. The number of thioether (sulfide) groups is 1. The Hall–Kier alpha value is -1.00. The van der Waals surface area contributed by atoms with Crippen LogP contribution in [0.3, 0.4) is 0 Å². The molecule has 1 unspecified atom stereocenters. The summed E-state index contributed by atoms with van der Waals surface area (Å²) >= 11 is 1.93. The van der Waals surface area contributed by atoms with Crippen molar-refractivity contribution in [3.05, 3.63) is 29.3 Å². The van der Waals surface area contributed by atoms with Crippen molar-refractivity contribution in [2.45, 2.75) is 33.2 Å². The van der Waals surface area contributed by atoms with Gasteiger partial charge in [0.05, 0.1) is 0 Å². The Morgan fingerprint density at radius 1 is 1.35 bits per heavy atom. The molecule has 110 valence electrons. The van der Waals surface area contributed by atoms with Crippen LogP contribution in [0.2, 0.25) is 0 Å². The lowest BCUT2D eigenvalue weighted by Crippen LogP contribution is -2.42. The highest BCUT2D eigenvalue weighted by molar-refractivity contribution is 7.99. The Balaban J connectivity index is 2.08. The Bertz CT molecular complexity index is 449. The lowest BCUT2D eigenvalue weighted by molar-refractivity contribution is -0.118. The lowest BCUT2D eigenvalue weighted by Gasteiger charge is -2.27. The number of nitrogens with zero attached hydrogens (tertiary/aromatic N) is 1. The van der Waals surface area contributed by atoms with E-state index in [-0.39, 0.29) is 5.91 Å². The van der Waals surface area contributed by atoms with Gasteiger partial charge >= 0.3 is 0 Å². The maximum Gasteiger partial charge on any atom is 0.228 e. The van der Waals surface area contributed by atoms with Crippen LogP contribution in [0.4, 0.5) is 5.69 Å². The number of rotatable bonds is 4. The number of aryl methyl sites for hydroxylation is 2. The zero-order chi connectivity index (χ0) is 14.5. The third kappa shape index (κ3) is 4.00. The molecule has 3 nitrogen and oxygen atoms in total. The van der Waals surface area contributed by atoms with Crippen LogP contribution in [-0.4, -0.2) is 36.5 Å². The molecule has 1 aromatic carbocycles. The van der Waals surface area contributed by atoms with Crippen molar-refractivity contribution < 1.29 is 4.79 Å².